The molecule has 5 heteroatoms. The number of piperazine rings is 1. The number of aromatic nitrogens is 1. The summed E-state index contributed by atoms with van der Waals surface area (Å²) in [5.41, 5.74) is 4.14. The van der Waals surface area contributed by atoms with Crippen molar-refractivity contribution in [3.63, 3.8) is 0 Å². The smallest absolute Gasteiger partial charge is 0.0483 e. The normalized spacial score (nSPS) is 19.1. The molecule has 1 fully saturated rings. The molecule has 0 aliphatic carbocycles. The number of benzene rings is 1. The zero-order valence-corrected chi connectivity index (χ0v) is 16.9. The molecule has 4 rings (SSSR count). The van der Waals surface area contributed by atoms with Gasteiger partial charge in [0, 0.05) is 69.0 Å². The van der Waals surface area contributed by atoms with Crippen LogP contribution in [0.4, 0.5) is 0 Å². The lowest BCUT2D eigenvalue weighted by Crippen LogP contribution is -2.52. The van der Waals surface area contributed by atoms with E-state index < -0.39 is 0 Å². The van der Waals surface area contributed by atoms with Gasteiger partial charge in [0.25, 0.3) is 0 Å². The quantitative estimate of drug-likeness (QED) is 0.674. The molecular weight excluding hydrogens is 354 g/mol. The lowest BCUT2D eigenvalue weighted by Gasteiger charge is -2.41. The van der Waals surface area contributed by atoms with E-state index in [1.54, 1.807) is 11.3 Å². The Morgan fingerprint density at radius 1 is 1.15 bits per heavy atom. The highest BCUT2D eigenvalue weighted by Gasteiger charge is 2.27. The van der Waals surface area contributed by atoms with Crippen LogP contribution in [0.25, 0.3) is 10.9 Å². The SMILES string of the molecule is CCn1cc(CN2CCN(Cc3ccsc3)C(CCO)C2)c2ccccc21. The first-order valence-corrected chi connectivity index (χ1v) is 10.9. The van der Waals surface area contributed by atoms with Crippen LogP contribution in [0.1, 0.15) is 24.5 Å². The van der Waals surface area contributed by atoms with E-state index in [1.165, 1.54) is 22.0 Å². The third-order valence-electron chi connectivity index (χ3n) is 5.72. The summed E-state index contributed by atoms with van der Waals surface area (Å²) < 4.78 is 2.35. The Kier molecular flexibility index (Phi) is 5.93. The van der Waals surface area contributed by atoms with Gasteiger partial charge in [0.15, 0.2) is 0 Å². The first-order valence-electron chi connectivity index (χ1n) is 9.93. The molecule has 1 aliphatic heterocycles. The predicted molar refractivity (Wildman–Crippen MR) is 113 cm³/mol. The van der Waals surface area contributed by atoms with Crippen molar-refractivity contribution in [3.8, 4) is 0 Å². The Morgan fingerprint density at radius 2 is 2.04 bits per heavy atom. The molecule has 144 valence electrons. The number of aliphatic hydroxyl groups excluding tert-OH is 1. The first-order chi connectivity index (χ1) is 13.3. The van der Waals surface area contributed by atoms with Crippen molar-refractivity contribution in [2.45, 2.75) is 39.0 Å². The van der Waals surface area contributed by atoms with Gasteiger partial charge in [0.1, 0.15) is 0 Å². The molecule has 0 spiro atoms. The van der Waals surface area contributed by atoms with Gasteiger partial charge < -0.3 is 9.67 Å². The number of nitrogens with zero attached hydrogens (tertiary/aromatic N) is 3. The van der Waals surface area contributed by atoms with Crippen molar-refractivity contribution >= 4 is 22.2 Å². The molecule has 0 saturated carbocycles. The van der Waals surface area contributed by atoms with Crippen molar-refractivity contribution in [3.05, 3.63) is 58.4 Å². The second-order valence-electron chi connectivity index (χ2n) is 7.46. The number of aliphatic hydroxyl groups is 1. The maximum Gasteiger partial charge on any atom is 0.0483 e. The van der Waals surface area contributed by atoms with Gasteiger partial charge in [-0.1, -0.05) is 18.2 Å². The van der Waals surface area contributed by atoms with E-state index in [2.05, 4.69) is 68.6 Å². The van der Waals surface area contributed by atoms with Gasteiger partial charge in [0.2, 0.25) is 0 Å². The lowest BCUT2D eigenvalue weighted by molar-refractivity contribution is 0.0502. The van der Waals surface area contributed by atoms with E-state index in [1.807, 2.05) is 0 Å². The molecule has 1 atom stereocenters. The van der Waals surface area contributed by atoms with Crippen LogP contribution in [0, 0.1) is 0 Å². The number of thiophene rings is 1. The maximum atomic E-state index is 9.57. The lowest BCUT2D eigenvalue weighted by atomic mass is 10.1. The van der Waals surface area contributed by atoms with Crippen LogP contribution in [0.5, 0.6) is 0 Å². The zero-order valence-electron chi connectivity index (χ0n) is 16.1. The Hall–Kier alpha value is -1.66. The van der Waals surface area contributed by atoms with Crippen molar-refractivity contribution in [2.24, 2.45) is 0 Å². The van der Waals surface area contributed by atoms with Crippen LogP contribution in [0.15, 0.2) is 47.3 Å². The van der Waals surface area contributed by atoms with Crippen LogP contribution in [0.3, 0.4) is 0 Å². The minimum Gasteiger partial charge on any atom is -0.396 e. The first kappa shape index (κ1) is 18.7. The topological polar surface area (TPSA) is 31.6 Å². The van der Waals surface area contributed by atoms with Crippen molar-refractivity contribution < 1.29 is 5.11 Å². The largest absolute Gasteiger partial charge is 0.396 e. The van der Waals surface area contributed by atoms with E-state index in [4.69, 9.17) is 0 Å². The van der Waals surface area contributed by atoms with E-state index in [9.17, 15) is 5.11 Å². The highest BCUT2D eigenvalue weighted by molar-refractivity contribution is 7.07. The molecular formula is C22H29N3OS. The Labute approximate surface area is 165 Å². The van der Waals surface area contributed by atoms with Gasteiger partial charge in [-0.3, -0.25) is 9.80 Å². The fourth-order valence-electron chi connectivity index (χ4n) is 4.30. The molecule has 2 aromatic heterocycles. The second-order valence-corrected chi connectivity index (χ2v) is 8.24. The summed E-state index contributed by atoms with van der Waals surface area (Å²) in [6, 6.07) is 11.4. The molecule has 27 heavy (non-hydrogen) atoms. The van der Waals surface area contributed by atoms with Crippen molar-refractivity contribution in [1.82, 2.24) is 14.4 Å². The average molecular weight is 384 g/mol. The van der Waals surface area contributed by atoms with Gasteiger partial charge in [0.05, 0.1) is 0 Å². The molecule has 1 aliphatic rings. The number of aryl methyl sites for hydroxylation is 1. The molecule has 0 bridgehead atoms. The number of rotatable bonds is 7. The summed E-state index contributed by atoms with van der Waals surface area (Å²) in [5.74, 6) is 0. The zero-order chi connectivity index (χ0) is 18.6. The van der Waals surface area contributed by atoms with Gasteiger partial charge in [-0.05, 0) is 47.4 Å². The Balaban J connectivity index is 1.48. The van der Waals surface area contributed by atoms with Crippen LogP contribution >= 0.6 is 11.3 Å². The Morgan fingerprint density at radius 3 is 2.81 bits per heavy atom. The summed E-state index contributed by atoms with van der Waals surface area (Å²) in [4.78, 5) is 5.11. The van der Waals surface area contributed by atoms with E-state index in [-0.39, 0.29) is 6.61 Å². The molecule has 1 N–H and O–H groups in total. The van der Waals surface area contributed by atoms with E-state index in [0.29, 0.717) is 6.04 Å². The predicted octanol–water partition coefficient (Wildman–Crippen LogP) is 3.79. The number of hydrogen-bond donors (Lipinski definition) is 1. The summed E-state index contributed by atoms with van der Waals surface area (Å²) in [7, 11) is 0. The van der Waals surface area contributed by atoms with E-state index in [0.717, 1.165) is 45.7 Å². The van der Waals surface area contributed by atoms with Gasteiger partial charge >= 0.3 is 0 Å². The number of fused-ring (bicyclic) bond motifs is 1. The highest BCUT2D eigenvalue weighted by atomic mass is 32.1. The van der Waals surface area contributed by atoms with Crippen LogP contribution < -0.4 is 0 Å². The van der Waals surface area contributed by atoms with Gasteiger partial charge in [-0.15, -0.1) is 0 Å². The Bertz CT molecular complexity index is 858. The monoisotopic (exact) mass is 383 g/mol. The molecule has 3 heterocycles. The van der Waals surface area contributed by atoms with Crippen molar-refractivity contribution in [2.75, 3.05) is 26.2 Å². The van der Waals surface area contributed by atoms with Gasteiger partial charge in [-0.25, -0.2) is 0 Å². The second kappa shape index (κ2) is 8.57. The molecule has 1 unspecified atom stereocenters. The molecule has 4 nitrogen and oxygen atoms in total. The summed E-state index contributed by atoms with van der Waals surface area (Å²) in [6.07, 6.45) is 3.17. The number of hydrogen-bond acceptors (Lipinski definition) is 4. The average Bonchev–Trinajstić information content (AvgIpc) is 3.32. The fraction of sp³-hybridized carbons (Fsp3) is 0.455. The highest BCUT2D eigenvalue weighted by Crippen LogP contribution is 2.25. The summed E-state index contributed by atoms with van der Waals surface area (Å²) in [6.45, 7) is 8.62. The minimum atomic E-state index is 0.258. The summed E-state index contributed by atoms with van der Waals surface area (Å²) >= 11 is 1.76. The van der Waals surface area contributed by atoms with Crippen LogP contribution in [0.2, 0.25) is 0 Å². The molecule has 1 aromatic carbocycles. The van der Waals surface area contributed by atoms with Gasteiger partial charge in [-0.2, -0.15) is 11.3 Å². The van der Waals surface area contributed by atoms with Crippen LogP contribution in [-0.2, 0) is 19.6 Å². The maximum absolute atomic E-state index is 9.57. The fourth-order valence-corrected chi connectivity index (χ4v) is 4.96. The molecule has 3 aromatic rings. The number of para-hydroxylation sites is 1. The third kappa shape index (κ3) is 4.11. The van der Waals surface area contributed by atoms with E-state index >= 15 is 0 Å². The van der Waals surface area contributed by atoms with Crippen molar-refractivity contribution in [1.29, 1.82) is 0 Å². The standard InChI is InChI=1S/C22H29N3OS/c1-2-24-15-19(21-5-3-4-6-22(21)24)14-23-9-10-25(20(16-23)7-11-26)13-18-8-12-27-17-18/h3-6,8,12,15,17,20,26H,2,7,9-11,13-14,16H2,1H3. The third-order valence-corrected chi connectivity index (χ3v) is 6.45. The molecule has 1 saturated heterocycles. The van der Waals surface area contributed by atoms with Crippen LogP contribution in [-0.4, -0.2) is 51.8 Å². The molecule has 0 radical (unpaired) electrons. The summed E-state index contributed by atoms with van der Waals surface area (Å²) in [5, 5.41) is 15.3. The minimum absolute atomic E-state index is 0.258. The molecule has 0 amide bonds.